The van der Waals surface area contributed by atoms with Crippen LogP contribution in [0.5, 0.6) is 5.75 Å². The van der Waals surface area contributed by atoms with Gasteiger partial charge in [0, 0.05) is 16.5 Å². The summed E-state index contributed by atoms with van der Waals surface area (Å²) >= 11 is 11.8. The summed E-state index contributed by atoms with van der Waals surface area (Å²) in [5, 5.41) is 2.78. The molecule has 2 aromatic carbocycles. The lowest BCUT2D eigenvalue weighted by molar-refractivity contribution is 0.567. The topological polar surface area (TPSA) is 21.6 Å². The average molecular weight is 360 g/mol. The molecule has 0 aromatic heterocycles. The van der Waals surface area contributed by atoms with Gasteiger partial charge in [0.15, 0.2) is 5.05 Å². The van der Waals surface area contributed by atoms with Crippen molar-refractivity contribution in [1.29, 1.82) is 0 Å². The van der Waals surface area contributed by atoms with Crippen LogP contribution >= 0.6 is 36.2 Å². The lowest BCUT2D eigenvalue weighted by Gasteiger charge is -2.08. The summed E-state index contributed by atoms with van der Waals surface area (Å²) in [6.07, 6.45) is 2.45. The number of nitrogens with zero attached hydrogens (tertiary/aromatic N) is 1. The van der Waals surface area contributed by atoms with E-state index in [1.807, 2.05) is 42.1 Å². The summed E-state index contributed by atoms with van der Waals surface area (Å²) in [6.45, 7) is 2.20. The fraction of sp³-hybridized carbons (Fsp3) is 0.222. The van der Waals surface area contributed by atoms with Gasteiger partial charge in [-0.3, -0.25) is 0 Å². The third-order valence-corrected chi connectivity index (χ3v) is 4.57. The van der Waals surface area contributed by atoms with Crippen LogP contribution in [0.3, 0.4) is 0 Å². The van der Waals surface area contributed by atoms with Crippen molar-refractivity contribution in [1.82, 2.24) is 0 Å². The highest BCUT2D eigenvalue weighted by molar-refractivity contribution is 7.99. The first-order chi connectivity index (χ1) is 11.2. The molecule has 0 aliphatic carbocycles. The molecule has 0 radical (unpaired) electrons. The predicted molar refractivity (Wildman–Crippen MR) is 106 cm³/mol. The second kappa shape index (κ2) is 9.58. The highest BCUT2D eigenvalue weighted by atomic mass is 32.2. The number of thioether (sulfide) groups is 1. The Bertz CT molecular complexity index is 706. The Morgan fingerprint density at radius 3 is 2.70 bits per heavy atom. The molecule has 0 atom stereocenters. The maximum Gasteiger partial charge on any atom is 0.198 e. The molecule has 0 bridgehead atoms. The number of thiocarbonyl (C=S) groups is 2. The largest absolute Gasteiger partial charge is 0.445 e. The van der Waals surface area contributed by atoms with Crippen LogP contribution in [-0.4, -0.2) is 16.0 Å². The summed E-state index contributed by atoms with van der Waals surface area (Å²) in [5.41, 5.74) is 1.59. The van der Waals surface area contributed by atoms with Gasteiger partial charge in [-0.1, -0.05) is 19.4 Å². The van der Waals surface area contributed by atoms with Gasteiger partial charge in [-0.15, -0.1) is 11.8 Å². The van der Waals surface area contributed by atoms with E-state index >= 15 is 0 Å². The first kappa shape index (κ1) is 17.8. The smallest absolute Gasteiger partial charge is 0.198 e. The summed E-state index contributed by atoms with van der Waals surface area (Å²) in [5.74, 6) is 1.78. The molecule has 0 spiro atoms. The third-order valence-electron chi connectivity index (χ3n) is 3.06. The van der Waals surface area contributed by atoms with E-state index in [9.17, 15) is 0 Å². The molecule has 2 aromatic rings. The first-order valence-electron chi connectivity index (χ1n) is 7.36. The van der Waals surface area contributed by atoms with E-state index in [1.165, 1.54) is 17.7 Å². The molecule has 0 heterocycles. The zero-order valence-electron chi connectivity index (χ0n) is 12.8. The second-order valence-corrected chi connectivity index (χ2v) is 6.54. The number of unbranched alkanes of at least 4 members (excludes halogenated alkanes) is 1. The van der Waals surface area contributed by atoms with Crippen molar-refractivity contribution < 1.29 is 4.74 Å². The number of isothiocyanates is 1. The predicted octanol–water partition coefficient (Wildman–Crippen LogP) is 6.07. The zero-order valence-corrected chi connectivity index (χ0v) is 15.3. The van der Waals surface area contributed by atoms with E-state index in [0.717, 1.165) is 11.3 Å². The number of aliphatic imine (C=N–C) groups is 1. The fourth-order valence-electron chi connectivity index (χ4n) is 1.86. The van der Waals surface area contributed by atoms with Crippen LogP contribution in [0.4, 0.5) is 5.69 Å². The van der Waals surface area contributed by atoms with Crippen molar-refractivity contribution in [2.45, 2.75) is 24.7 Å². The highest BCUT2D eigenvalue weighted by Crippen LogP contribution is 2.23. The molecule has 5 heteroatoms. The number of benzene rings is 2. The first-order valence-corrected chi connectivity index (χ1v) is 9.16. The molecule has 23 heavy (non-hydrogen) atoms. The maximum absolute atomic E-state index is 5.73. The van der Waals surface area contributed by atoms with E-state index in [1.54, 1.807) is 6.07 Å². The molecular formula is C18H17NOS3. The number of hydrogen-bond acceptors (Lipinski definition) is 5. The Morgan fingerprint density at radius 1 is 1.22 bits per heavy atom. The lowest BCUT2D eigenvalue weighted by Crippen LogP contribution is -2.06. The maximum atomic E-state index is 5.73. The Balaban J connectivity index is 2.00. The second-order valence-electron chi connectivity index (χ2n) is 4.82. The van der Waals surface area contributed by atoms with Gasteiger partial charge >= 0.3 is 0 Å². The molecule has 0 N–H and O–H groups in total. The molecule has 0 amide bonds. The van der Waals surface area contributed by atoms with Gasteiger partial charge in [0.1, 0.15) is 5.75 Å². The van der Waals surface area contributed by atoms with Gasteiger partial charge in [-0.05, 0) is 73.0 Å². The van der Waals surface area contributed by atoms with Crippen LogP contribution < -0.4 is 4.74 Å². The molecule has 0 aliphatic rings. The summed E-state index contributed by atoms with van der Waals surface area (Å²) in [7, 11) is 0. The summed E-state index contributed by atoms with van der Waals surface area (Å²) in [6, 6.07) is 15.4. The number of ether oxygens (including phenoxy) is 1. The zero-order chi connectivity index (χ0) is 16.5. The molecule has 0 saturated carbocycles. The van der Waals surface area contributed by atoms with E-state index in [2.05, 4.69) is 41.4 Å². The Labute approximate surface area is 152 Å². The van der Waals surface area contributed by atoms with Crippen molar-refractivity contribution in [2.24, 2.45) is 4.99 Å². The van der Waals surface area contributed by atoms with Gasteiger partial charge < -0.3 is 4.74 Å². The summed E-state index contributed by atoms with van der Waals surface area (Å²) in [4.78, 5) is 5.19. The van der Waals surface area contributed by atoms with Crippen LogP contribution in [0.25, 0.3) is 0 Å². The van der Waals surface area contributed by atoms with E-state index in [0.29, 0.717) is 16.5 Å². The van der Waals surface area contributed by atoms with Gasteiger partial charge in [0.25, 0.3) is 0 Å². The molecule has 0 unspecified atom stereocenters. The van der Waals surface area contributed by atoms with E-state index in [-0.39, 0.29) is 0 Å². The van der Waals surface area contributed by atoms with Crippen molar-refractivity contribution in [3.05, 3.63) is 54.1 Å². The fourth-order valence-corrected chi connectivity index (χ4v) is 3.19. The third kappa shape index (κ3) is 5.88. The lowest BCUT2D eigenvalue weighted by atomic mass is 10.2. The number of hydrogen-bond donors (Lipinski definition) is 0. The monoisotopic (exact) mass is 359 g/mol. The van der Waals surface area contributed by atoms with Crippen LogP contribution in [0.2, 0.25) is 0 Å². The van der Waals surface area contributed by atoms with Crippen molar-refractivity contribution in [2.75, 3.05) is 5.75 Å². The highest BCUT2D eigenvalue weighted by Gasteiger charge is 2.05. The standard InChI is InChI=1S/C18H17NOS3/c1-2-3-11-23-17-9-7-14(8-10-17)18(22)20-16-6-4-5-15(12-16)19-13-21/h4-10,12H,2-3,11H2,1H3. The van der Waals surface area contributed by atoms with Gasteiger partial charge in [0.2, 0.25) is 0 Å². The van der Waals surface area contributed by atoms with Gasteiger partial charge in [-0.25, -0.2) is 0 Å². The Kier molecular flexibility index (Phi) is 7.43. The van der Waals surface area contributed by atoms with Crippen LogP contribution in [-0.2, 0) is 0 Å². The minimum Gasteiger partial charge on any atom is -0.445 e. The molecule has 118 valence electrons. The minimum atomic E-state index is 0.443. The van der Waals surface area contributed by atoms with E-state index < -0.39 is 0 Å². The quantitative estimate of drug-likeness (QED) is 0.259. The molecule has 0 aliphatic heterocycles. The molecule has 0 fully saturated rings. The average Bonchev–Trinajstić information content (AvgIpc) is 2.56. The minimum absolute atomic E-state index is 0.443. The number of rotatable bonds is 7. The SMILES string of the molecule is CCCCSc1ccc(C(=S)Oc2cccc(N=C=S)c2)cc1. The summed E-state index contributed by atoms with van der Waals surface area (Å²) < 4.78 is 5.73. The van der Waals surface area contributed by atoms with Crippen molar-refractivity contribution in [3.8, 4) is 5.75 Å². The van der Waals surface area contributed by atoms with Crippen molar-refractivity contribution in [3.63, 3.8) is 0 Å². The van der Waals surface area contributed by atoms with Crippen LogP contribution in [0, 0.1) is 0 Å². The molecular weight excluding hydrogens is 342 g/mol. The van der Waals surface area contributed by atoms with Crippen LogP contribution in [0.1, 0.15) is 25.3 Å². The Morgan fingerprint density at radius 2 is 2.00 bits per heavy atom. The van der Waals surface area contributed by atoms with Gasteiger partial charge in [0.05, 0.1) is 10.8 Å². The van der Waals surface area contributed by atoms with Gasteiger partial charge in [-0.2, -0.15) is 4.99 Å². The molecule has 0 saturated heterocycles. The molecule has 2 rings (SSSR count). The Hall–Kier alpha value is -1.52. The van der Waals surface area contributed by atoms with E-state index in [4.69, 9.17) is 17.0 Å². The normalized spacial score (nSPS) is 9.96. The van der Waals surface area contributed by atoms with Crippen molar-refractivity contribution >= 4 is 52.1 Å². The van der Waals surface area contributed by atoms with Crippen LogP contribution in [0.15, 0.2) is 58.4 Å². The molecule has 2 nitrogen and oxygen atoms in total.